The predicted octanol–water partition coefficient (Wildman–Crippen LogP) is 0.392. The van der Waals surface area contributed by atoms with E-state index in [1.54, 1.807) is 0 Å². The summed E-state index contributed by atoms with van der Waals surface area (Å²) in [6.07, 6.45) is 2.03. The second kappa shape index (κ2) is 8.98. The molecule has 0 rings (SSSR count). The highest BCUT2D eigenvalue weighted by Gasteiger charge is 2.11. The van der Waals surface area contributed by atoms with Crippen molar-refractivity contribution < 1.29 is 9.59 Å². The van der Waals surface area contributed by atoms with Crippen molar-refractivity contribution in [3.8, 4) is 0 Å². The Morgan fingerprint density at radius 3 is 2.35 bits per heavy atom. The van der Waals surface area contributed by atoms with Crippen molar-refractivity contribution in [1.29, 1.82) is 0 Å². The largest absolute Gasteiger partial charge is 0.370 e. The lowest BCUT2D eigenvalue weighted by atomic mass is 10.2. The molecule has 17 heavy (non-hydrogen) atoms. The molecule has 0 aliphatic heterocycles. The first-order valence-corrected chi connectivity index (χ1v) is 6.23. The Morgan fingerprint density at radius 1 is 1.18 bits per heavy atom. The van der Waals surface area contributed by atoms with Crippen LogP contribution in [0.2, 0.25) is 0 Å². The SMILES string of the molecule is CC(C)CNC(=O)C(C)NCCCCC(N)=O. The average molecular weight is 243 g/mol. The molecule has 2 amide bonds. The fourth-order valence-corrected chi connectivity index (χ4v) is 1.29. The van der Waals surface area contributed by atoms with Gasteiger partial charge in [0.15, 0.2) is 0 Å². The summed E-state index contributed by atoms with van der Waals surface area (Å²) in [5.74, 6) is 0.211. The third-order valence-corrected chi connectivity index (χ3v) is 2.38. The Morgan fingerprint density at radius 2 is 1.82 bits per heavy atom. The zero-order valence-corrected chi connectivity index (χ0v) is 11.1. The van der Waals surface area contributed by atoms with Crippen LogP contribution in [0.5, 0.6) is 0 Å². The number of nitrogens with one attached hydrogen (secondary N) is 2. The van der Waals surface area contributed by atoms with E-state index in [1.807, 2.05) is 6.92 Å². The van der Waals surface area contributed by atoms with E-state index in [0.717, 1.165) is 19.4 Å². The lowest BCUT2D eigenvalue weighted by Crippen LogP contribution is -2.43. The van der Waals surface area contributed by atoms with E-state index in [4.69, 9.17) is 5.73 Å². The minimum atomic E-state index is -0.271. The number of hydrogen-bond acceptors (Lipinski definition) is 3. The minimum Gasteiger partial charge on any atom is -0.370 e. The van der Waals surface area contributed by atoms with Crippen LogP contribution in [0.1, 0.15) is 40.0 Å². The highest BCUT2D eigenvalue weighted by atomic mass is 16.2. The van der Waals surface area contributed by atoms with Crippen LogP contribution in [0.4, 0.5) is 0 Å². The summed E-state index contributed by atoms with van der Waals surface area (Å²) in [7, 11) is 0. The molecule has 1 unspecified atom stereocenters. The maximum atomic E-state index is 11.6. The number of nitrogens with two attached hydrogens (primary N) is 1. The molecule has 100 valence electrons. The Kier molecular flexibility index (Phi) is 8.40. The molecule has 0 bridgehead atoms. The van der Waals surface area contributed by atoms with Gasteiger partial charge in [0.05, 0.1) is 6.04 Å². The number of rotatable bonds is 9. The number of carbonyl (C=O) groups is 2. The number of carbonyl (C=O) groups excluding carboxylic acids is 2. The van der Waals surface area contributed by atoms with Gasteiger partial charge in [-0.05, 0) is 32.2 Å². The first-order valence-electron chi connectivity index (χ1n) is 6.23. The minimum absolute atomic E-state index is 0.0219. The smallest absolute Gasteiger partial charge is 0.236 e. The number of primary amides is 1. The summed E-state index contributed by atoms with van der Waals surface area (Å²) >= 11 is 0. The zero-order valence-electron chi connectivity index (χ0n) is 11.1. The van der Waals surface area contributed by atoms with Gasteiger partial charge < -0.3 is 16.4 Å². The van der Waals surface area contributed by atoms with E-state index in [2.05, 4.69) is 24.5 Å². The molecule has 0 aromatic heterocycles. The number of amides is 2. The van der Waals surface area contributed by atoms with Crippen LogP contribution >= 0.6 is 0 Å². The van der Waals surface area contributed by atoms with Gasteiger partial charge in [-0.2, -0.15) is 0 Å². The predicted molar refractivity (Wildman–Crippen MR) is 68.4 cm³/mol. The molecule has 0 saturated heterocycles. The van der Waals surface area contributed by atoms with Gasteiger partial charge in [-0.3, -0.25) is 9.59 Å². The van der Waals surface area contributed by atoms with Crippen LogP contribution in [-0.4, -0.2) is 30.9 Å². The number of hydrogen-bond donors (Lipinski definition) is 3. The van der Waals surface area contributed by atoms with Gasteiger partial charge >= 0.3 is 0 Å². The summed E-state index contributed by atoms with van der Waals surface area (Å²) in [5, 5.41) is 5.98. The molecule has 0 spiro atoms. The third-order valence-electron chi connectivity index (χ3n) is 2.38. The van der Waals surface area contributed by atoms with E-state index in [0.29, 0.717) is 18.9 Å². The maximum Gasteiger partial charge on any atom is 0.236 e. The van der Waals surface area contributed by atoms with E-state index in [-0.39, 0.29) is 17.9 Å². The topological polar surface area (TPSA) is 84.2 Å². The van der Waals surface area contributed by atoms with E-state index in [1.165, 1.54) is 0 Å². The Labute approximate surface area is 104 Å². The van der Waals surface area contributed by atoms with Crippen molar-refractivity contribution in [2.45, 2.75) is 46.1 Å². The van der Waals surface area contributed by atoms with E-state index < -0.39 is 0 Å². The van der Waals surface area contributed by atoms with Crippen LogP contribution in [-0.2, 0) is 9.59 Å². The quantitative estimate of drug-likeness (QED) is 0.512. The van der Waals surface area contributed by atoms with E-state index in [9.17, 15) is 9.59 Å². The van der Waals surface area contributed by atoms with Crippen molar-refractivity contribution in [2.24, 2.45) is 11.7 Å². The first kappa shape index (κ1) is 15.9. The van der Waals surface area contributed by atoms with Crippen molar-refractivity contribution in [1.82, 2.24) is 10.6 Å². The second-order valence-electron chi connectivity index (χ2n) is 4.74. The Bertz CT molecular complexity index is 242. The molecule has 0 aromatic carbocycles. The van der Waals surface area contributed by atoms with Crippen LogP contribution in [0.15, 0.2) is 0 Å². The summed E-state index contributed by atoms with van der Waals surface area (Å²) in [5.41, 5.74) is 5.03. The van der Waals surface area contributed by atoms with Crippen molar-refractivity contribution in [3.05, 3.63) is 0 Å². The van der Waals surface area contributed by atoms with Crippen LogP contribution in [0.25, 0.3) is 0 Å². The van der Waals surface area contributed by atoms with Crippen molar-refractivity contribution in [3.63, 3.8) is 0 Å². The van der Waals surface area contributed by atoms with Crippen molar-refractivity contribution in [2.75, 3.05) is 13.1 Å². The van der Waals surface area contributed by atoms with Gasteiger partial charge in [-0.25, -0.2) is 0 Å². The molecule has 0 heterocycles. The highest BCUT2D eigenvalue weighted by molar-refractivity contribution is 5.81. The average Bonchev–Trinajstić information content (AvgIpc) is 2.24. The fourth-order valence-electron chi connectivity index (χ4n) is 1.29. The summed E-state index contributed by atoms with van der Waals surface area (Å²) in [4.78, 5) is 22.1. The third kappa shape index (κ3) is 9.81. The maximum absolute atomic E-state index is 11.6. The van der Waals surface area contributed by atoms with Gasteiger partial charge in [0, 0.05) is 13.0 Å². The Balaban J connectivity index is 3.53. The van der Waals surface area contributed by atoms with Crippen LogP contribution in [0, 0.1) is 5.92 Å². The molecule has 0 aliphatic carbocycles. The molecule has 0 aromatic rings. The van der Waals surface area contributed by atoms with Crippen molar-refractivity contribution >= 4 is 11.8 Å². The highest BCUT2D eigenvalue weighted by Crippen LogP contribution is 1.94. The molecule has 0 radical (unpaired) electrons. The van der Waals surface area contributed by atoms with Crippen LogP contribution in [0.3, 0.4) is 0 Å². The molecule has 4 N–H and O–H groups in total. The molecule has 0 aliphatic rings. The standard InChI is InChI=1S/C12H25N3O2/c1-9(2)8-15-12(17)10(3)14-7-5-4-6-11(13)16/h9-10,14H,4-8H2,1-3H3,(H2,13,16)(H,15,17). The van der Waals surface area contributed by atoms with Gasteiger partial charge in [0.1, 0.15) is 0 Å². The van der Waals surface area contributed by atoms with Gasteiger partial charge in [0.2, 0.25) is 11.8 Å². The first-order chi connectivity index (χ1) is 7.93. The van der Waals surface area contributed by atoms with E-state index >= 15 is 0 Å². The lowest BCUT2D eigenvalue weighted by Gasteiger charge is -2.14. The summed E-state index contributed by atoms with van der Waals surface area (Å²) in [6, 6.07) is -0.192. The molecule has 5 nitrogen and oxygen atoms in total. The summed E-state index contributed by atoms with van der Waals surface area (Å²) in [6.45, 7) is 7.38. The van der Waals surface area contributed by atoms with Gasteiger partial charge in [-0.15, -0.1) is 0 Å². The summed E-state index contributed by atoms with van der Waals surface area (Å²) < 4.78 is 0. The van der Waals surface area contributed by atoms with Gasteiger partial charge in [-0.1, -0.05) is 13.8 Å². The van der Waals surface area contributed by atoms with Gasteiger partial charge in [0.25, 0.3) is 0 Å². The lowest BCUT2D eigenvalue weighted by molar-refractivity contribution is -0.123. The Hall–Kier alpha value is -1.10. The molecular weight excluding hydrogens is 218 g/mol. The molecule has 1 atom stereocenters. The normalized spacial score (nSPS) is 12.5. The monoisotopic (exact) mass is 243 g/mol. The van der Waals surface area contributed by atoms with Crippen LogP contribution < -0.4 is 16.4 Å². The number of unbranched alkanes of at least 4 members (excludes halogenated alkanes) is 1. The second-order valence-corrected chi connectivity index (χ2v) is 4.74. The molecule has 5 heteroatoms. The fraction of sp³-hybridized carbons (Fsp3) is 0.833. The molecule has 0 saturated carbocycles. The molecule has 0 fully saturated rings. The zero-order chi connectivity index (χ0) is 13.3. The molecular formula is C12H25N3O2.